The summed E-state index contributed by atoms with van der Waals surface area (Å²) in [7, 11) is 0. The zero-order valence-electron chi connectivity index (χ0n) is 10.2. The normalized spacial score (nSPS) is 12.8. The van der Waals surface area contributed by atoms with E-state index in [-0.39, 0.29) is 0 Å². The zero-order valence-corrected chi connectivity index (χ0v) is 11.0. The number of nitrogens with zero attached hydrogens (tertiary/aromatic N) is 1. The highest BCUT2D eigenvalue weighted by Crippen LogP contribution is 2.30. The summed E-state index contributed by atoms with van der Waals surface area (Å²) in [5, 5.41) is 13.9. The summed E-state index contributed by atoms with van der Waals surface area (Å²) in [5.74, 6) is 1.55. The van der Waals surface area contributed by atoms with Crippen LogP contribution < -0.4 is 20.1 Å². The SMILES string of the molecule is N#CNC(=S)NCC=Cc1ccc2c(c1)OCCO2. The average molecular weight is 275 g/mol. The molecule has 1 aliphatic rings. The van der Waals surface area contributed by atoms with Crippen LogP contribution in [0.15, 0.2) is 24.3 Å². The van der Waals surface area contributed by atoms with E-state index in [0.717, 1.165) is 17.1 Å². The molecule has 0 aliphatic carbocycles. The van der Waals surface area contributed by atoms with Crippen molar-refractivity contribution in [1.29, 1.82) is 5.26 Å². The average Bonchev–Trinajstić information content (AvgIpc) is 2.44. The minimum absolute atomic E-state index is 0.314. The Bertz CT molecular complexity index is 537. The lowest BCUT2D eigenvalue weighted by Gasteiger charge is -2.18. The van der Waals surface area contributed by atoms with Crippen LogP contribution in [0, 0.1) is 11.5 Å². The van der Waals surface area contributed by atoms with Gasteiger partial charge in [0.15, 0.2) is 22.8 Å². The number of rotatable bonds is 3. The van der Waals surface area contributed by atoms with Crippen molar-refractivity contribution in [3.05, 3.63) is 29.8 Å². The molecule has 0 radical (unpaired) electrons. The Kier molecular flexibility index (Phi) is 4.59. The van der Waals surface area contributed by atoms with Gasteiger partial charge in [-0.15, -0.1) is 0 Å². The second-order valence-corrected chi connectivity index (χ2v) is 4.16. The third-order valence-electron chi connectivity index (χ3n) is 2.43. The highest BCUT2D eigenvalue weighted by atomic mass is 32.1. The van der Waals surface area contributed by atoms with Crippen LogP contribution in [-0.4, -0.2) is 24.9 Å². The Morgan fingerprint density at radius 3 is 2.95 bits per heavy atom. The number of thiocarbonyl (C=S) groups is 1. The first-order chi connectivity index (χ1) is 9.29. The van der Waals surface area contributed by atoms with Crippen molar-refractivity contribution >= 4 is 23.4 Å². The lowest BCUT2D eigenvalue weighted by atomic mass is 10.2. The molecule has 1 aliphatic heterocycles. The summed E-state index contributed by atoms with van der Waals surface area (Å²) in [6.45, 7) is 1.72. The lowest BCUT2D eigenvalue weighted by Crippen LogP contribution is -2.31. The molecule has 98 valence electrons. The molecule has 2 N–H and O–H groups in total. The van der Waals surface area contributed by atoms with Crippen LogP contribution in [-0.2, 0) is 0 Å². The van der Waals surface area contributed by atoms with Gasteiger partial charge in [-0.3, -0.25) is 5.32 Å². The van der Waals surface area contributed by atoms with E-state index in [4.69, 9.17) is 27.0 Å². The standard InChI is InChI=1S/C13H13N3O2S/c14-9-16-13(19)15-5-1-2-10-3-4-11-12(8-10)18-7-6-17-11/h1-4,8H,5-7H2,(H2,15,16,19). The van der Waals surface area contributed by atoms with E-state index in [0.29, 0.717) is 24.9 Å². The fraction of sp³-hybridized carbons (Fsp3) is 0.231. The molecule has 0 amide bonds. The van der Waals surface area contributed by atoms with E-state index in [1.54, 1.807) is 6.19 Å². The van der Waals surface area contributed by atoms with Gasteiger partial charge in [-0.05, 0) is 29.9 Å². The molecule has 0 bridgehead atoms. The number of ether oxygens (including phenoxy) is 2. The van der Waals surface area contributed by atoms with Crippen LogP contribution in [0.1, 0.15) is 5.56 Å². The zero-order chi connectivity index (χ0) is 13.5. The van der Waals surface area contributed by atoms with Gasteiger partial charge in [-0.2, -0.15) is 5.26 Å². The van der Waals surface area contributed by atoms with Gasteiger partial charge in [-0.1, -0.05) is 18.2 Å². The van der Waals surface area contributed by atoms with E-state index in [1.807, 2.05) is 30.4 Å². The molecule has 19 heavy (non-hydrogen) atoms. The number of nitriles is 1. The molecule has 1 aromatic carbocycles. The molecule has 0 aromatic heterocycles. The molecule has 0 saturated heterocycles. The molecule has 1 aromatic rings. The summed E-state index contributed by atoms with van der Waals surface area (Å²) < 4.78 is 10.9. The summed E-state index contributed by atoms with van der Waals surface area (Å²) in [6, 6.07) is 5.77. The minimum atomic E-state index is 0.314. The third-order valence-corrected chi connectivity index (χ3v) is 2.67. The first kappa shape index (κ1) is 13.2. The van der Waals surface area contributed by atoms with Gasteiger partial charge >= 0.3 is 0 Å². The van der Waals surface area contributed by atoms with Crippen LogP contribution in [0.4, 0.5) is 0 Å². The second kappa shape index (κ2) is 6.61. The van der Waals surface area contributed by atoms with Crippen LogP contribution in [0.25, 0.3) is 6.08 Å². The Balaban J connectivity index is 1.89. The quantitative estimate of drug-likeness (QED) is 0.494. The first-order valence-corrected chi connectivity index (χ1v) is 6.19. The summed E-state index contributed by atoms with van der Waals surface area (Å²) in [5.41, 5.74) is 1.02. The van der Waals surface area contributed by atoms with Crippen molar-refractivity contribution in [2.75, 3.05) is 19.8 Å². The van der Waals surface area contributed by atoms with Crippen molar-refractivity contribution in [2.24, 2.45) is 0 Å². The van der Waals surface area contributed by atoms with Gasteiger partial charge < -0.3 is 14.8 Å². The summed E-state index contributed by atoms with van der Waals surface area (Å²) in [6.07, 6.45) is 5.61. The lowest BCUT2D eigenvalue weighted by molar-refractivity contribution is 0.171. The van der Waals surface area contributed by atoms with Gasteiger partial charge in [0.1, 0.15) is 13.2 Å². The van der Waals surface area contributed by atoms with Gasteiger partial charge in [0.2, 0.25) is 0 Å². The van der Waals surface area contributed by atoms with E-state index >= 15 is 0 Å². The molecule has 0 spiro atoms. The first-order valence-electron chi connectivity index (χ1n) is 5.79. The molecule has 6 heteroatoms. The van der Waals surface area contributed by atoms with E-state index in [9.17, 15) is 0 Å². The fourth-order valence-electron chi connectivity index (χ4n) is 1.61. The van der Waals surface area contributed by atoms with Crippen molar-refractivity contribution in [3.8, 4) is 17.7 Å². The van der Waals surface area contributed by atoms with E-state index in [2.05, 4.69) is 10.6 Å². The van der Waals surface area contributed by atoms with Crippen LogP contribution in [0.3, 0.4) is 0 Å². The highest BCUT2D eigenvalue weighted by Gasteiger charge is 2.10. The largest absolute Gasteiger partial charge is 0.486 e. The molecule has 5 nitrogen and oxygen atoms in total. The monoisotopic (exact) mass is 275 g/mol. The molecule has 0 unspecified atom stereocenters. The number of nitrogens with one attached hydrogen (secondary N) is 2. The fourth-order valence-corrected chi connectivity index (χ4v) is 1.73. The van der Waals surface area contributed by atoms with Crippen molar-refractivity contribution < 1.29 is 9.47 Å². The van der Waals surface area contributed by atoms with Crippen LogP contribution >= 0.6 is 12.2 Å². The highest BCUT2D eigenvalue weighted by molar-refractivity contribution is 7.80. The minimum Gasteiger partial charge on any atom is -0.486 e. The van der Waals surface area contributed by atoms with E-state index in [1.165, 1.54) is 0 Å². The number of fused-ring (bicyclic) bond motifs is 1. The smallest absolute Gasteiger partial charge is 0.183 e. The van der Waals surface area contributed by atoms with Crippen molar-refractivity contribution in [2.45, 2.75) is 0 Å². The number of hydrogen-bond acceptors (Lipinski definition) is 4. The Labute approximate surface area is 116 Å². The molecule has 1 heterocycles. The van der Waals surface area contributed by atoms with Crippen molar-refractivity contribution in [1.82, 2.24) is 10.6 Å². The van der Waals surface area contributed by atoms with Gasteiger partial charge in [0.05, 0.1) is 0 Å². The van der Waals surface area contributed by atoms with Gasteiger partial charge in [0.25, 0.3) is 0 Å². The number of hydrogen-bond donors (Lipinski definition) is 2. The third kappa shape index (κ3) is 3.86. The Morgan fingerprint density at radius 2 is 2.16 bits per heavy atom. The molecular formula is C13H13N3O2S. The van der Waals surface area contributed by atoms with E-state index < -0.39 is 0 Å². The van der Waals surface area contributed by atoms with Gasteiger partial charge in [-0.25, -0.2) is 0 Å². The maximum absolute atomic E-state index is 8.35. The maximum atomic E-state index is 8.35. The van der Waals surface area contributed by atoms with Crippen LogP contribution in [0.2, 0.25) is 0 Å². The predicted octanol–water partition coefficient (Wildman–Crippen LogP) is 1.42. The second-order valence-electron chi connectivity index (χ2n) is 3.75. The molecular weight excluding hydrogens is 262 g/mol. The van der Waals surface area contributed by atoms with Crippen LogP contribution in [0.5, 0.6) is 11.5 Å². The topological polar surface area (TPSA) is 66.3 Å². The molecule has 2 rings (SSSR count). The predicted molar refractivity (Wildman–Crippen MR) is 75.8 cm³/mol. The molecule has 0 atom stereocenters. The number of benzene rings is 1. The summed E-state index contributed by atoms with van der Waals surface area (Å²) in [4.78, 5) is 0. The Morgan fingerprint density at radius 1 is 1.37 bits per heavy atom. The molecule has 0 fully saturated rings. The van der Waals surface area contributed by atoms with Gasteiger partial charge in [0, 0.05) is 6.54 Å². The Hall–Kier alpha value is -2.26. The van der Waals surface area contributed by atoms with Crippen molar-refractivity contribution in [3.63, 3.8) is 0 Å². The maximum Gasteiger partial charge on any atom is 0.183 e. The molecule has 0 saturated carbocycles. The summed E-state index contributed by atoms with van der Waals surface area (Å²) >= 11 is 4.85.